The molecule has 174 valence electrons. The van der Waals surface area contributed by atoms with E-state index in [-0.39, 0.29) is 11.9 Å². The molecule has 0 aliphatic carbocycles. The van der Waals surface area contributed by atoms with Gasteiger partial charge in [0.1, 0.15) is 0 Å². The van der Waals surface area contributed by atoms with E-state index in [0.29, 0.717) is 12.0 Å². The normalized spacial score (nSPS) is 13.9. The van der Waals surface area contributed by atoms with Crippen molar-refractivity contribution in [3.05, 3.63) is 84.1 Å². The van der Waals surface area contributed by atoms with Crippen molar-refractivity contribution in [2.45, 2.75) is 78.9 Å². The number of hydrogen-bond acceptors (Lipinski definition) is 2. The Labute approximate surface area is 196 Å². The van der Waals surface area contributed by atoms with Gasteiger partial charge in [0.05, 0.1) is 11.6 Å². The second kappa shape index (κ2) is 15.1. The molecule has 1 atom stereocenters. The Morgan fingerprint density at radius 3 is 2.22 bits per heavy atom. The molecule has 1 unspecified atom stereocenters. The summed E-state index contributed by atoms with van der Waals surface area (Å²) in [6.45, 7) is 22.9. The van der Waals surface area contributed by atoms with Gasteiger partial charge in [-0.05, 0) is 52.2 Å². The predicted octanol–water partition coefficient (Wildman–Crippen LogP) is 6.52. The van der Waals surface area contributed by atoms with E-state index in [4.69, 9.17) is 0 Å². The van der Waals surface area contributed by atoms with Gasteiger partial charge in [-0.2, -0.15) is 0 Å². The van der Waals surface area contributed by atoms with Crippen LogP contribution in [0.5, 0.6) is 0 Å². The van der Waals surface area contributed by atoms with Crippen LogP contribution in [0.25, 0.3) is 0 Å². The first-order valence-electron chi connectivity index (χ1n) is 11.3. The molecule has 0 bridgehead atoms. The molecule has 0 aliphatic heterocycles. The molecule has 32 heavy (non-hydrogen) atoms. The van der Waals surface area contributed by atoms with Crippen LogP contribution in [0.15, 0.2) is 84.1 Å². The maximum Gasteiger partial charge on any atom is 0.247 e. The first-order valence-corrected chi connectivity index (χ1v) is 11.3. The SMILES string of the molecule is C=CC(C#CC(=CC=CC(=C)C(=C)C)CCC)=CC=C(CCC)C(=O)NC(C)C(C)(C)O. The van der Waals surface area contributed by atoms with Gasteiger partial charge in [-0.1, -0.05) is 94.2 Å². The zero-order valence-corrected chi connectivity index (χ0v) is 20.8. The molecule has 1 amide bonds. The molecule has 0 spiro atoms. The van der Waals surface area contributed by atoms with Gasteiger partial charge < -0.3 is 10.4 Å². The summed E-state index contributed by atoms with van der Waals surface area (Å²) in [5.41, 5.74) is 3.23. The Bertz CT molecular complexity index is 861. The fourth-order valence-corrected chi connectivity index (χ4v) is 2.39. The minimum Gasteiger partial charge on any atom is -0.388 e. The van der Waals surface area contributed by atoms with Crippen LogP contribution < -0.4 is 5.32 Å². The van der Waals surface area contributed by atoms with Crippen LogP contribution in [0.4, 0.5) is 0 Å². The van der Waals surface area contributed by atoms with Crippen LogP contribution in [-0.2, 0) is 4.79 Å². The highest BCUT2D eigenvalue weighted by molar-refractivity contribution is 5.94. The molecule has 0 heterocycles. The molecule has 0 fully saturated rings. The quantitative estimate of drug-likeness (QED) is 0.208. The molecule has 0 aromatic carbocycles. The number of amides is 1. The number of allylic oxidation sites excluding steroid dienone is 10. The van der Waals surface area contributed by atoms with Crippen LogP contribution in [0.1, 0.15) is 67.2 Å². The van der Waals surface area contributed by atoms with E-state index in [0.717, 1.165) is 41.6 Å². The van der Waals surface area contributed by atoms with E-state index in [9.17, 15) is 9.90 Å². The molecule has 0 aliphatic rings. The monoisotopic (exact) mass is 435 g/mol. The Balaban J connectivity index is 5.70. The first-order chi connectivity index (χ1) is 15.0. The van der Waals surface area contributed by atoms with Gasteiger partial charge in [0.15, 0.2) is 0 Å². The van der Waals surface area contributed by atoms with E-state index in [1.54, 1.807) is 32.9 Å². The molecule has 0 rings (SSSR count). The highest BCUT2D eigenvalue weighted by Gasteiger charge is 2.24. The maximum absolute atomic E-state index is 12.7. The van der Waals surface area contributed by atoms with Crippen molar-refractivity contribution in [1.29, 1.82) is 0 Å². The molecular formula is C29H41NO2. The first kappa shape index (κ1) is 29.2. The Morgan fingerprint density at radius 1 is 1.09 bits per heavy atom. The van der Waals surface area contributed by atoms with Crippen molar-refractivity contribution in [2.24, 2.45) is 0 Å². The van der Waals surface area contributed by atoms with E-state index in [1.165, 1.54) is 0 Å². The highest BCUT2D eigenvalue weighted by atomic mass is 16.3. The molecule has 3 heteroatoms. The van der Waals surface area contributed by atoms with Crippen molar-refractivity contribution in [1.82, 2.24) is 5.32 Å². The average Bonchev–Trinajstić information content (AvgIpc) is 2.71. The lowest BCUT2D eigenvalue weighted by atomic mass is 10.00. The minimum absolute atomic E-state index is 0.177. The Hall–Kier alpha value is -2.83. The topological polar surface area (TPSA) is 49.3 Å². The van der Waals surface area contributed by atoms with Crippen LogP contribution >= 0.6 is 0 Å². The number of carbonyl (C=O) groups is 1. The lowest BCUT2D eigenvalue weighted by Gasteiger charge is -2.27. The smallest absolute Gasteiger partial charge is 0.247 e. The predicted molar refractivity (Wildman–Crippen MR) is 139 cm³/mol. The standard InChI is InChI=1S/C29H41NO2/c1-10-14-26(17-13-16-23(6)22(4)5)19-18-25(12-3)20-21-27(15-11-2)28(31)30-24(7)29(8,9)32/h12-13,16-17,20-21,24,32H,3-4,6,10-11,14-15H2,1-2,5,7-9H3,(H,30,31). The summed E-state index contributed by atoms with van der Waals surface area (Å²) in [6.07, 6.45) is 14.5. The lowest BCUT2D eigenvalue weighted by Crippen LogP contribution is -2.47. The van der Waals surface area contributed by atoms with Gasteiger partial charge in [-0.15, -0.1) is 0 Å². The number of carbonyl (C=O) groups excluding carboxylic acids is 1. The minimum atomic E-state index is -0.992. The second-order valence-corrected chi connectivity index (χ2v) is 8.47. The summed E-state index contributed by atoms with van der Waals surface area (Å²) >= 11 is 0. The van der Waals surface area contributed by atoms with E-state index >= 15 is 0 Å². The number of rotatable bonds is 12. The number of nitrogens with one attached hydrogen (secondary N) is 1. The fourth-order valence-electron chi connectivity index (χ4n) is 2.39. The summed E-state index contributed by atoms with van der Waals surface area (Å²) in [5.74, 6) is 6.19. The Kier molecular flexibility index (Phi) is 13.7. The van der Waals surface area contributed by atoms with Crippen LogP contribution in [0.3, 0.4) is 0 Å². The van der Waals surface area contributed by atoms with E-state index < -0.39 is 5.60 Å². The van der Waals surface area contributed by atoms with Crippen molar-refractivity contribution < 1.29 is 9.90 Å². The summed E-state index contributed by atoms with van der Waals surface area (Å²) in [4.78, 5) is 12.7. The molecule has 0 aromatic heterocycles. The fraction of sp³-hybridized carbons (Fsp3) is 0.414. The summed E-state index contributed by atoms with van der Waals surface area (Å²) in [6, 6.07) is -0.367. The van der Waals surface area contributed by atoms with Crippen LogP contribution in [0.2, 0.25) is 0 Å². The van der Waals surface area contributed by atoms with Gasteiger partial charge in [0, 0.05) is 16.7 Å². The van der Waals surface area contributed by atoms with Crippen molar-refractivity contribution in [3.8, 4) is 11.8 Å². The van der Waals surface area contributed by atoms with E-state index in [2.05, 4.69) is 43.8 Å². The van der Waals surface area contributed by atoms with Gasteiger partial charge in [0.25, 0.3) is 0 Å². The molecular weight excluding hydrogens is 394 g/mol. The molecule has 2 N–H and O–H groups in total. The largest absolute Gasteiger partial charge is 0.388 e. The number of aliphatic hydroxyl groups is 1. The molecule has 0 saturated heterocycles. The summed E-state index contributed by atoms with van der Waals surface area (Å²) in [7, 11) is 0. The molecule has 3 nitrogen and oxygen atoms in total. The molecule has 0 radical (unpaired) electrons. The molecule has 0 saturated carbocycles. The van der Waals surface area contributed by atoms with Gasteiger partial charge in [-0.3, -0.25) is 4.79 Å². The third-order valence-corrected chi connectivity index (χ3v) is 4.93. The van der Waals surface area contributed by atoms with Gasteiger partial charge in [-0.25, -0.2) is 0 Å². The average molecular weight is 436 g/mol. The summed E-state index contributed by atoms with van der Waals surface area (Å²) < 4.78 is 0. The van der Waals surface area contributed by atoms with Gasteiger partial charge in [0.2, 0.25) is 5.91 Å². The van der Waals surface area contributed by atoms with Crippen molar-refractivity contribution in [2.75, 3.05) is 0 Å². The van der Waals surface area contributed by atoms with Gasteiger partial charge >= 0.3 is 0 Å². The summed E-state index contributed by atoms with van der Waals surface area (Å²) in [5, 5.41) is 13.0. The third-order valence-electron chi connectivity index (χ3n) is 4.93. The zero-order chi connectivity index (χ0) is 24.7. The zero-order valence-electron chi connectivity index (χ0n) is 20.8. The lowest BCUT2D eigenvalue weighted by molar-refractivity contribution is -0.119. The van der Waals surface area contributed by atoms with Crippen LogP contribution in [-0.4, -0.2) is 22.7 Å². The highest BCUT2D eigenvalue weighted by Crippen LogP contribution is 2.12. The number of hydrogen-bond donors (Lipinski definition) is 2. The second-order valence-electron chi connectivity index (χ2n) is 8.47. The third kappa shape index (κ3) is 12.1. The van der Waals surface area contributed by atoms with E-state index in [1.807, 2.05) is 38.2 Å². The van der Waals surface area contributed by atoms with Crippen molar-refractivity contribution >= 4 is 5.91 Å². The Morgan fingerprint density at radius 2 is 1.72 bits per heavy atom. The molecule has 0 aromatic rings. The van der Waals surface area contributed by atoms with Crippen LogP contribution in [0, 0.1) is 11.8 Å². The van der Waals surface area contributed by atoms with Crippen molar-refractivity contribution in [3.63, 3.8) is 0 Å². The maximum atomic E-state index is 12.7.